The first-order valence-corrected chi connectivity index (χ1v) is 14.5. The minimum absolute atomic E-state index is 0.0357. The number of thiophene rings is 1. The molecule has 13 heteroatoms. The van der Waals surface area contributed by atoms with Crippen molar-refractivity contribution in [3.05, 3.63) is 23.8 Å². The zero-order chi connectivity index (χ0) is 23.8. The minimum Gasteiger partial charge on any atom is -0.494 e. The number of hydrogen-bond acceptors (Lipinski definition) is 8. The van der Waals surface area contributed by atoms with Gasteiger partial charge in [-0.15, -0.1) is 11.3 Å². The Kier molecular flexibility index (Phi) is 10.5. The Labute approximate surface area is 193 Å². The zero-order valence-electron chi connectivity index (χ0n) is 18.2. The molecule has 0 bridgehead atoms. The van der Waals surface area contributed by atoms with Crippen molar-refractivity contribution in [1.29, 1.82) is 0 Å². The van der Waals surface area contributed by atoms with Gasteiger partial charge in [0.05, 0.1) is 6.61 Å². The molecular formula is C19H33N4O6PS2. The SMILES string of the molecule is Cc1c(S(=O)(=O)NCP(=O)(O)O)sc2ccc(OCCCN(CCCN)CCCN)cc12. The maximum Gasteiger partial charge on any atom is 0.340 e. The van der Waals surface area contributed by atoms with Crippen LogP contribution in [0.15, 0.2) is 22.4 Å². The summed E-state index contributed by atoms with van der Waals surface area (Å²) in [7, 11) is -8.53. The maximum atomic E-state index is 12.5. The van der Waals surface area contributed by atoms with Crippen molar-refractivity contribution in [3.63, 3.8) is 0 Å². The van der Waals surface area contributed by atoms with Crippen molar-refractivity contribution in [2.24, 2.45) is 11.5 Å². The molecule has 32 heavy (non-hydrogen) atoms. The maximum absolute atomic E-state index is 12.5. The molecule has 0 radical (unpaired) electrons. The Morgan fingerprint density at radius 3 is 2.34 bits per heavy atom. The molecule has 0 amide bonds. The van der Waals surface area contributed by atoms with E-state index in [1.807, 2.05) is 4.72 Å². The van der Waals surface area contributed by atoms with E-state index < -0.39 is 23.9 Å². The van der Waals surface area contributed by atoms with E-state index in [0.29, 0.717) is 31.0 Å². The summed E-state index contributed by atoms with van der Waals surface area (Å²) in [5.74, 6) is 0.640. The van der Waals surface area contributed by atoms with Crippen LogP contribution in [0, 0.1) is 6.92 Å². The molecule has 0 fully saturated rings. The fourth-order valence-electron chi connectivity index (χ4n) is 3.20. The Morgan fingerprint density at radius 2 is 1.75 bits per heavy atom. The molecule has 0 aliphatic carbocycles. The molecule has 2 rings (SSSR count). The van der Waals surface area contributed by atoms with Gasteiger partial charge in [0.25, 0.3) is 10.0 Å². The Bertz CT molecular complexity index is 1020. The normalized spacial score (nSPS) is 12.7. The Morgan fingerprint density at radius 1 is 1.12 bits per heavy atom. The van der Waals surface area contributed by atoms with E-state index in [4.69, 9.17) is 26.0 Å². The standard InChI is InChI=1S/C19H33N4O6PS2/c1-15-17-13-16(29-12-4-11-23(9-2-7-20)10-3-8-21)5-6-18(17)31-19(15)32(27,28)22-14-30(24,25)26/h5-6,13,22H,2-4,7-12,14,20-21H2,1H3,(H2,24,25,26). The highest BCUT2D eigenvalue weighted by Gasteiger charge is 2.25. The quantitative estimate of drug-likeness (QED) is 0.176. The number of ether oxygens (including phenoxy) is 1. The summed E-state index contributed by atoms with van der Waals surface area (Å²) < 4.78 is 44.6. The van der Waals surface area contributed by atoms with Crippen LogP contribution in [-0.2, 0) is 14.6 Å². The Hall–Kier alpha value is -1.08. The highest BCUT2D eigenvalue weighted by Crippen LogP contribution is 2.37. The van der Waals surface area contributed by atoms with Crippen LogP contribution in [0.25, 0.3) is 10.1 Å². The largest absolute Gasteiger partial charge is 0.494 e. The van der Waals surface area contributed by atoms with Gasteiger partial charge in [0, 0.05) is 16.6 Å². The van der Waals surface area contributed by atoms with Crippen molar-refractivity contribution in [1.82, 2.24) is 9.62 Å². The first kappa shape index (κ1) is 27.2. The average molecular weight is 509 g/mol. The molecule has 2 aromatic rings. The number of nitrogens with two attached hydrogens (primary N) is 2. The lowest BCUT2D eigenvalue weighted by atomic mass is 10.2. The van der Waals surface area contributed by atoms with Gasteiger partial charge in [-0.1, -0.05) is 0 Å². The number of hydrogen-bond donors (Lipinski definition) is 5. The number of nitrogens with zero attached hydrogens (tertiary/aromatic N) is 1. The van der Waals surface area contributed by atoms with E-state index in [2.05, 4.69) is 4.90 Å². The molecule has 0 spiro atoms. The lowest BCUT2D eigenvalue weighted by molar-refractivity contribution is 0.232. The van der Waals surface area contributed by atoms with Crippen LogP contribution in [-0.4, -0.2) is 68.7 Å². The van der Waals surface area contributed by atoms with Crippen molar-refractivity contribution >= 4 is 39.0 Å². The molecule has 10 nitrogen and oxygen atoms in total. The second-order valence-corrected chi connectivity index (χ2v) is 12.1. The summed E-state index contributed by atoms with van der Waals surface area (Å²) in [6.45, 7) is 6.25. The molecule has 1 aromatic heterocycles. The third-order valence-corrected chi connectivity index (χ3v) is 8.89. The predicted octanol–water partition coefficient (Wildman–Crippen LogP) is 1.39. The van der Waals surface area contributed by atoms with Crippen molar-refractivity contribution in [2.45, 2.75) is 30.4 Å². The molecule has 0 aliphatic heterocycles. The van der Waals surface area contributed by atoms with Gasteiger partial charge in [-0.05, 0) is 76.1 Å². The predicted molar refractivity (Wildman–Crippen MR) is 128 cm³/mol. The van der Waals surface area contributed by atoms with E-state index in [-0.39, 0.29) is 4.21 Å². The van der Waals surface area contributed by atoms with E-state index in [1.54, 1.807) is 25.1 Å². The van der Waals surface area contributed by atoms with Gasteiger partial charge in [0.15, 0.2) is 0 Å². The molecule has 0 atom stereocenters. The second kappa shape index (κ2) is 12.4. The molecule has 7 N–H and O–H groups in total. The first-order chi connectivity index (χ1) is 15.1. The van der Waals surface area contributed by atoms with Crippen LogP contribution in [0.2, 0.25) is 0 Å². The minimum atomic E-state index is -4.50. The lowest BCUT2D eigenvalue weighted by Gasteiger charge is -2.21. The van der Waals surface area contributed by atoms with Crippen LogP contribution in [0.3, 0.4) is 0 Å². The molecule has 1 heterocycles. The van der Waals surface area contributed by atoms with Gasteiger partial charge in [0.1, 0.15) is 16.2 Å². The Balaban J connectivity index is 2.01. The fourth-order valence-corrected chi connectivity index (χ4v) is 7.00. The van der Waals surface area contributed by atoms with Gasteiger partial charge in [-0.2, -0.15) is 4.72 Å². The van der Waals surface area contributed by atoms with Crippen LogP contribution >= 0.6 is 18.9 Å². The van der Waals surface area contributed by atoms with E-state index in [9.17, 15) is 13.0 Å². The summed E-state index contributed by atoms with van der Waals surface area (Å²) >= 11 is 1.05. The summed E-state index contributed by atoms with van der Waals surface area (Å²) in [6.07, 6.45) is 1.77. The monoisotopic (exact) mass is 508 g/mol. The number of sulfonamides is 1. The summed E-state index contributed by atoms with van der Waals surface area (Å²) in [6, 6.07) is 5.38. The summed E-state index contributed by atoms with van der Waals surface area (Å²) in [5.41, 5.74) is 11.7. The highest BCUT2D eigenvalue weighted by molar-refractivity contribution is 7.92. The average Bonchev–Trinajstić information content (AvgIpc) is 3.07. The van der Waals surface area contributed by atoms with E-state index in [1.165, 1.54) is 0 Å². The molecule has 0 saturated heterocycles. The highest BCUT2D eigenvalue weighted by atomic mass is 32.2. The number of nitrogens with one attached hydrogen (secondary N) is 1. The van der Waals surface area contributed by atoms with Gasteiger partial charge >= 0.3 is 7.60 Å². The molecule has 1 aromatic carbocycles. The number of benzene rings is 1. The number of fused-ring (bicyclic) bond motifs is 1. The molecule has 182 valence electrons. The van der Waals surface area contributed by atoms with Crippen molar-refractivity contribution in [3.8, 4) is 5.75 Å². The van der Waals surface area contributed by atoms with Gasteiger partial charge < -0.3 is 30.9 Å². The van der Waals surface area contributed by atoms with Gasteiger partial charge in [-0.25, -0.2) is 8.42 Å². The molecule has 0 aliphatic rings. The van der Waals surface area contributed by atoms with Crippen molar-refractivity contribution in [2.75, 3.05) is 45.6 Å². The van der Waals surface area contributed by atoms with Gasteiger partial charge in [0.2, 0.25) is 0 Å². The first-order valence-electron chi connectivity index (χ1n) is 10.4. The zero-order valence-corrected chi connectivity index (χ0v) is 20.7. The molecular weight excluding hydrogens is 475 g/mol. The molecule has 0 saturated carbocycles. The second-order valence-electron chi connectivity index (χ2n) is 7.47. The van der Waals surface area contributed by atoms with Crippen LogP contribution in [0.1, 0.15) is 24.8 Å². The smallest absolute Gasteiger partial charge is 0.340 e. The van der Waals surface area contributed by atoms with E-state index >= 15 is 0 Å². The number of aryl methyl sites for hydroxylation is 1. The van der Waals surface area contributed by atoms with Crippen molar-refractivity contribution < 1.29 is 27.5 Å². The van der Waals surface area contributed by atoms with Crippen LogP contribution < -0.4 is 20.9 Å². The topological polar surface area (TPSA) is 168 Å². The fraction of sp³-hybridized carbons (Fsp3) is 0.579. The summed E-state index contributed by atoms with van der Waals surface area (Å²) in [4.78, 5) is 20.2. The van der Waals surface area contributed by atoms with Crippen LogP contribution in [0.4, 0.5) is 0 Å². The third-order valence-electron chi connectivity index (χ3n) is 4.81. The summed E-state index contributed by atoms with van der Waals surface area (Å²) in [5, 5.41) is 0.733. The van der Waals surface area contributed by atoms with E-state index in [0.717, 1.165) is 60.3 Å². The van der Waals surface area contributed by atoms with Gasteiger partial charge in [-0.3, -0.25) is 4.57 Å². The molecule has 0 unspecified atom stereocenters. The van der Waals surface area contributed by atoms with Crippen LogP contribution in [0.5, 0.6) is 5.75 Å². The number of rotatable bonds is 15. The lowest BCUT2D eigenvalue weighted by Crippen LogP contribution is -2.30. The third kappa shape index (κ3) is 8.36.